The number of phenols is 1. The first-order chi connectivity index (χ1) is 23.2. The molecule has 248 valence electrons. The van der Waals surface area contributed by atoms with E-state index in [0.29, 0.717) is 17.0 Å². The van der Waals surface area contributed by atoms with Crippen LogP contribution in [0.2, 0.25) is 0 Å². The van der Waals surface area contributed by atoms with Crippen LogP contribution in [0.3, 0.4) is 0 Å². The molecule has 2 heterocycles. The maximum Gasteiger partial charge on any atom is 0.230 e. The number of benzene rings is 5. The van der Waals surface area contributed by atoms with Gasteiger partial charge in [-0.1, -0.05) is 137 Å². The normalized spacial score (nSPS) is 12.8. The molecule has 2 atom stereocenters. The molecule has 0 radical (unpaired) electrons. The molecule has 0 aliphatic heterocycles. The zero-order valence-corrected chi connectivity index (χ0v) is 30.6. The molecular formula is C44H39N2O2Pt-. The van der Waals surface area contributed by atoms with E-state index in [-0.39, 0.29) is 44.1 Å². The summed E-state index contributed by atoms with van der Waals surface area (Å²) in [5, 5.41) is 11.9. The van der Waals surface area contributed by atoms with E-state index in [1.807, 2.05) is 66.9 Å². The Kier molecular flexibility index (Phi) is 9.72. The number of rotatable bonds is 7. The van der Waals surface area contributed by atoms with Crippen LogP contribution in [-0.4, -0.2) is 15.1 Å². The van der Waals surface area contributed by atoms with E-state index in [1.165, 1.54) is 11.1 Å². The number of phenolic OH excluding ortho intramolecular Hbond substituents is 1. The average molecular weight is 823 g/mol. The predicted molar refractivity (Wildman–Crippen MR) is 195 cm³/mol. The number of nitrogens with zero attached hydrogens (tertiary/aromatic N) is 2. The molecule has 4 nitrogen and oxygen atoms in total. The molecule has 1 N–H and O–H groups in total. The number of oxazole rings is 1. The minimum Gasteiger partial charge on any atom is -0.507 e. The molecule has 0 amide bonds. The summed E-state index contributed by atoms with van der Waals surface area (Å²) in [5.74, 6) is 0.609. The number of fused-ring (bicyclic) bond motifs is 1. The largest absolute Gasteiger partial charge is 0.507 e. The molecule has 2 aromatic heterocycles. The van der Waals surface area contributed by atoms with Crippen molar-refractivity contribution < 1.29 is 30.6 Å². The quantitative estimate of drug-likeness (QED) is 0.163. The zero-order chi connectivity index (χ0) is 33.4. The third-order valence-electron chi connectivity index (χ3n) is 9.34. The predicted octanol–water partition coefficient (Wildman–Crippen LogP) is 11.3. The molecule has 2 unspecified atom stereocenters. The SMILES string of the molecule is CC(c1ccccc1)c1cc(-c2nc3c(-c4[c-]c(-c5ccccn5)cc(C(C)(C)C)c4)cccc3o2)c(O)c(C(C)c2ccccc2)c1.[Pt]. The van der Waals surface area contributed by atoms with E-state index in [0.717, 1.165) is 44.6 Å². The van der Waals surface area contributed by atoms with E-state index in [9.17, 15) is 5.11 Å². The molecule has 0 spiro atoms. The van der Waals surface area contributed by atoms with Crippen molar-refractivity contribution in [2.24, 2.45) is 0 Å². The first-order valence-corrected chi connectivity index (χ1v) is 16.5. The number of para-hydroxylation sites is 1. The van der Waals surface area contributed by atoms with Gasteiger partial charge in [0.1, 0.15) is 11.3 Å². The molecule has 0 fully saturated rings. The van der Waals surface area contributed by atoms with Gasteiger partial charge < -0.3 is 9.52 Å². The molecule has 5 aromatic carbocycles. The first kappa shape index (κ1) is 34.1. The Hall–Kier alpha value is -4.79. The fraction of sp³-hybridized carbons (Fsp3) is 0.182. The van der Waals surface area contributed by atoms with Crippen LogP contribution in [0.15, 0.2) is 132 Å². The average Bonchev–Trinajstić information content (AvgIpc) is 3.56. The second kappa shape index (κ2) is 14.0. The molecular weight excluding hydrogens is 784 g/mol. The minimum absolute atomic E-state index is 0. The summed E-state index contributed by atoms with van der Waals surface area (Å²) < 4.78 is 6.49. The summed E-state index contributed by atoms with van der Waals surface area (Å²) in [6.45, 7) is 11.0. The van der Waals surface area contributed by atoms with Crippen molar-refractivity contribution in [1.82, 2.24) is 9.97 Å². The van der Waals surface area contributed by atoms with Crippen molar-refractivity contribution in [3.8, 4) is 39.6 Å². The molecule has 0 aliphatic rings. The van der Waals surface area contributed by atoms with Gasteiger partial charge in [0.25, 0.3) is 0 Å². The van der Waals surface area contributed by atoms with Gasteiger partial charge in [0.15, 0.2) is 0 Å². The van der Waals surface area contributed by atoms with E-state index in [2.05, 4.69) is 106 Å². The van der Waals surface area contributed by atoms with Crippen LogP contribution in [0.4, 0.5) is 0 Å². The minimum atomic E-state index is -0.0935. The molecule has 0 saturated heterocycles. The fourth-order valence-electron chi connectivity index (χ4n) is 6.37. The van der Waals surface area contributed by atoms with Crippen molar-refractivity contribution >= 4 is 11.1 Å². The third kappa shape index (κ3) is 6.89. The van der Waals surface area contributed by atoms with Gasteiger partial charge in [-0.25, -0.2) is 4.98 Å². The fourth-order valence-corrected chi connectivity index (χ4v) is 6.37. The van der Waals surface area contributed by atoms with Crippen molar-refractivity contribution in [3.63, 3.8) is 0 Å². The van der Waals surface area contributed by atoms with Crippen LogP contribution in [0, 0.1) is 6.07 Å². The second-order valence-corrected chi connectivity index (χ2v) is 13.6. The van der Waals surface area contributed by atoms with Crippen LogP contribution in [0.5, 0.6) is 5.75 Å². The van der Waals surface area contributed by atoms with Crippen LogP contribution >= 0.6 is 0 Å². The van der Waals surface area contributed by atoms with Crippen molar-refractivity contribution in [3.05, 3.63) is 161 Å². The molecule has 5 heteroatoms. The van der Waals surface area contributed by atoms with Gasteiger partial charge in [0, 0.05) is 50.4 Å². The maximum absolute atomic E-state index is 11.9. The Morgan fingerprint density at radius 3 is 1.98 bits per heavy atom. The Bertz CT molecular complexity index is 2200. The molecule has 7 aromatic rings. The van der Waals surface area contributed by atoms with Crippen LogP contribution in [0.1, 0.15) is 74.3 Å². The van der Waals surface area contributed by atoms with Gasteiger partial charge in [-0.05, 0) is 40.3 Å². The molecule has 7 rings (SSSR count). The monoisotopic (exact) mass is 822 g/mol. The maximum atomic E-state index is 11.9. The third-order valence-corrected chi connectivity index (χ3v) is 9.34. The Balaban J connectivity index is 0.00000417. The first-order valence-electron chi connectivity index (χ1n) is 16.5. The second-order valence-electron chi connectivity index (χ2n) is 13.6. The molecule has 0 bridgehead atoms. The van der Waals surface area contributed by atoms with E-state index in [4.69, 9.17) is 9.40 Å². The number of aromatic hydroxyl groups is 1. The van der Waals surface area contributed by atoms with Gasteiger partial charge in [0.05, 0.1) is 11.1 Å². The number of pyridine rings is 1. The van der Waals surface area contributed by atoms with E-state index >= 15 is 0 Å². The van der Waals surface area contributed by atoms with Gasteiger partial charge in [-0.3, -0.25) is 4.98 Å². The standard InChI is InChI=1S/C44H39N2O2.Pt/c1-28(30-15-8-6-9-16-30)32-26-37(29(2)31-17-10-7-11-18-31)42(47)38(27-32)43-46-41-36(19-14-21-40(41)48-43)33-23-34(39-20-12-13-22-45-39)25-35(24-33)44(3,4)5;/h6-22,24-29,47H,1-5H3;/q-1;. The smallest absolute Gasteiger partial charge is 0.230 e. The van der Waals surface area contributed by atoms with Crippen LogP contribution in [-0.2, 0) is 26.5 Å². The topological polar surface area (TPSA) is 59.2 Å². The van der Waals surface area contributed by atoms with Crippen molar-refractivity contribution in [2.45, 2.75) is 51.9 Å². The van der Waals surface area contributed by atoms with Gasteiger partial charge in [-0.15, -0.1) is 29.3 Å². The van der Waals surface area contributed by atoms with Gasteiger partial charge in [0.2, 0.25) is 5.89 Å². The molecule has 0 aliphatic carbocycles. The van der Waals surface area contributed by atoms with Gasteiger partial charge in [-0.2, -0.15) is 0 Å². The number of hydrogen-bond acceptors (Lipinski definition) is 4. The summed E-state index contributed by atoms with van der Waals surface area (Å²) in [4.78, 5) is 9.72. The Labute approximate surface area is 303 Å². The summed E-state index contributed by atoms with van der Waals surface area (Å²) >= 11 is 0. The van der Waals surface area contributed by atoms with Gasteiger partial charge >= 0.3 is 0 Å². The number of aromatic nitrogens is 2. The Morgan fingerprint density at radius 2 is 1.33 bits per heavy atom. The summed E-state index contributed by atoms with van der Waals surface area (Å²) in [6, 6.07) is 44.8. The zero-order valence-electron chi connectivity index (χ0n) is 28.3. The van der Waals surface area contributed by atoms with Crippen LogP contribution < -0.4 is 0 Å². The molecule has 49 heavy (non-hydrogen) atoms. The number of hydrogen-bond donors (Lipinski definition) is 1. The Morgan fingerprint density at radius 1 is 0.673 bits per heavy atom. The summed E-state index contributed by atoms with van der Waals surface area (Å²) in [7, 11) is 0. The van der Waals surface area contributed by atoms with Crippen molar-refractivity contribution in [1.29, 1.82) is 0 Å². The van der Waals surface area contributed by atoms with Crippen molar-refractivity contribution in [2.75, 3.05) is 0 Å². The van der Waals surface area contributed by atoms with E-state index in [1.54, 1.807) is 0 Å². The van der Waals surface area contributed by atoms with Crippen LogP contribution in [0.25, 0.3) is 44.9 Å². The summed E-state index contributed by atoms with van der Waals surface area (Å²) in [6.07, 6.45) is 1.81. The summed E-state index contributed by atoms with van der Waals surface area (Å²) in [5.41, 5.74) is 10.9. The molecule has 0 saturated carbocycles. The van der Waals surface area contributed by atoms with E-state index < -0.39 is 0 Å².